The van der Waals surface area contributed by atoms with Crippen LogP contribution >= 0.6 is 22.6 Å². The number of benzene rings is 1. The number of hydrogen-bond donors (Lipinski definition) is 4. The minimum absolute atomic E-state index is 0.113. The van der Waals surface area contributed by atoms with E-state index in [9.17, 15) is 9.90 Å². The van der Waals surface area contributed by atoms with Crippen LogP contribution in [0.5, 0.6) is 11.5 Å². The third kappa shape index (κ3) is 2.96. The molecule has 82 valence electrons. The highest BCUT2D eigenvalue weighted by Gasteiger charge is 2.15. The molecule has 15 heavy (non-hydrogen) atoms. The Morgan fingerprint density at radius 1 is 1.40 bits per heavy atom. The van der Waals surface area contributed by atoms with Gasteiger partial charge in [0.2, 0.25) is 0 Å². The van der Waals surface area contributed by atoms with Crippen LogP contribution in [0, 0.1) is 3.57 Å². The van der Waals surface area contributed by atoms with E-state index in [-0.39, 0.29) is 17.9 Å². The van der Waals surface area contributed by atoms with E-state index in [1.54, 1.807) is 0 Å². The van der Waals surface area contributed by atoms with Gasteiger partial charge >= 0.3 is 5.97 Å². The highest BCUT2D eigenvalue weighted by atomic mass is 131. The summed E-state index contributed by atoms with van der Waals surface area (Å²) in [5, 5.41) is 27.0. The molecule has 1 atom stereocenters. The lowest BCUT2D eigenvalue weighted by Crippen LogP contribution is -2.32. The first kappa shape index (κ1) is 12.1. The Hall–Kier alpha value is -1.02. The summed E-state index contributed by atoms with van der Waals surface area (Å²) in [6, 6.07) is 1.67. The van der Waals surface area contributed by atoms with E-state index < -0.39 is 12.0 Å². The summed E-state index contributed by atoms with van der Waals surface area (Å²) < 4.78 is 0.666. The molecule has 6 heteroatoms. The molecular formula is C9H10INO4. The molecule has 0 bridgehead atoms. The summed E-state index contributed by atoms with van der Waals surface area (Å²) in [6.45, 7) is 0. The van der Waals surface area contributed by atoms with Crippen LogP contribution in [-0.2, 0) is 11.2 Å². The van der Waals surface area contributed by atoms with Crippen molar-refractivity contribution in [3.8, 4) is 11.5 Å². The Morgan fingerprint density at radius 3 is 2.47 bits per heavy atom. The normalized spacial score (nSPS) is 12.4. The number of nitrogens with two attached hydrogens (primary N) is 1. The molecule has 0 aliphatic heterocycles. The minimum Gasteiger partial charge on any atom is -0.504 e. The first-order valence-corrected chi connectivity index (χ1v) is 5.18. The van der Waals surface area contributed by atoms with Gasteiger partial charge < -0.3 is 21.1 Å². The van der Waals surface area contributed by atoms with E-state index in [4.69, 9.17) is 15.9 Å². The molecule has 0 saturated carbocycles. The highest BCUT2D eigenvalue weighted by Crippen LogP contribution is 2.29. The quantitative estimate of drug-likeness (QED) is 0.482. The Balaban J connectivity index is 2.95. The van der Waals surface area contributed by atoms with Gasteiger partial charge in [0.05, 0.1) is 0 Å². The third-order valence-electron chi connectivity index (χ3n) is 1.90. The average Bonchev–Trinajstić information content (AvgIpc) is 2.13. The van der Waals surface area contributed by atoms with Crippen molar-refractivity contribution in [1.82, 2.24) is 0 Å². The molecule has 0 aliphatic rings. The van der Waals surface area contributed by atoms with E-state index in [0.717, 1.165) is 0 Å². The molecule has 0 aromatic heterocycles. The van der Waals surface area contributed by atoms with Crippen molar-refractivity contribution in [1.29, 1.82) is 0 Å². The third-order valence-corrected chi connectivity index (χ3v) is 2.90. The van der Waals surface area contributed by atoms with Crippen molar-refractivity contribution in [2.24, 2.45) is 5.73 Å². The smallest absolute Gasteiger partial charge is 0.320 e. The van der Waals surface area contributed by atoms with Crippen molar-refractivity contribution in [3.05, 3.63) is 21.3 Å². The molecule has 0 aliphatic carbocycles. The number of rotatable bonds is 3. The van der Waals surface area contributed by atoms with Gasteiger partial charge in [0.15, 0.2) is 11.5 Å². The predicted molar refractivity (Wildman–Crippen MR) is 61.8 cm³/mol. The second-order valence-corrected chi connectivity index (χ2v) is 4.24. The number of hydrogen-bond acceptors (Lipinski definition) is 4. The lowest BCUT2D eigenvalue weighted by Gasteiger charge is -2.09. The molecule has 0 heterocycles. The van der Waals surface area contributed by atoms with Gasteiger partial charge in [0.1, 0.15) is 6.04 Å². The number of aliphatic carboxylic acids is 1. The van der Waals surface area contributed by atoms with Gasteiger partial charge in [-0.05, 0) is 46.7 Å². The minimum atomic E-state index is -1.10. The summed E-state index contributed by atoms with van der Waals surface area (Å²) in [5.74, 6) is -1.60. The van der Waals surface area contributed by atoms with E-state index in [2.05, 4.69) is 0 Å². The van der Waals surface area contributed by atoms with Crippen molar-refractivity contribution in [2.75, 3.05) is 0 Å². The number of carbonyl (C=O) groups is 1. The molecule has 0 fully saturated rings. The number of phenols is 2. The Bertz CT molecular complexity index is 394. The lowest BCUT2D eigenvalue weighted by atomic mass is 10.1. The van der Waals surface area contributed by atoms with Gasteiger partial charge in [-0.2, -0.15) is 0 Å². The van der Waals surface area contributed by atoms with Crippen LogP contribution in [-0.4, -0.2) is 27.3 Å². The fraction of sp³-hybridized carbons (Fsp3) is 0.222. The zero-order valence-electron chi connectivity index (χ0n) is 7.64. The van der Waals surface area contributed by atoms with Gasteiger partial charge in [-0.25, -0.2) is 0 Å². The lowest BCUT2D eigenvalue weighted by molar-refractivity contribution is -0.138. The van der Waals surface area contributed by atoms with Crippen LogP contribution < -0.4 is 5.73 Å². The zero-order valence-corrected chi connectivity index (χ0v) is 9.80. The topological polar surface area (TPSA) is 104 Å². The Labute approximate surface area is 99.7 Å². The van der Waals surface area contributed by atoms with Crippen LogP contribution in [0.15, 0.2) is 12.1 Å². The second-order valence-electron chi connectivity index (χ2n) is 3.08. The molecule has 1 rings (SSSR count). The summed E-state index contributed by atoms with van der Waals surface area (Å²) in [5.41, 5.74) is 5.96. The van der Waals surface area contributed by atoms with Crippen LogP contribution in [0.1, 0.15) is 5.56 Å². The Morgan fingerprint density at radius 2 is 1.93 bits per heavy atom. The van der Waals surface area contributed by atoms with Crippen molar-refractivity contribution in [2.45, 2.75) is 12.5 Å². The monoisotopic (exact) mass is 327 g/mol. The van der Waals surface area contributed by atoms with Crippen LogP contribution in [0.25, 0.3) is 0 Å². The number of phenolic OH excluding ortho intramolecular Hbond substituents is 2. The maximum absolute atomic E-state index is 10.5. The van der Waals surface area contributed by atoms with Gasteiger partial charge in [0.25, 0.3) is 0 Å². The highest BCUT2D eigenvalue weighted by molar-refractivity contribution is 14.1. The van der Waals surface area contributed by atoms with Crippen molar-refractivity contribution < 1.29 is 20.1 Å². The van der Waals surface area contributed by atoms with E-state index >= 15 is 0 Å². The van der Waals surface area contributed by atoms with E-state index in [1.807, 2.05) is 22.6 Å². The van der Waals surface area contributed by atoms with E-state index in [0.29, 0.717) is 9.13 Å². The molecule has 5 N–H and O–H groups in total. The molecular weight excluding hydrogens is 317 g/mol. The average molecular weight is 327 g/mol. The molecule has 0 spiro atoms. The summed E-state index contributed by atoms with van der Waals surface area (Å²) in [4.78, 5) is 10.5. The van der Waals surface area contributed by atoms with Crippen molar-refractivity contribution in [3.63, 3.8) is 0 Å². The molecule has 1 aromatic carbocycles. The molecule has 5 nitrogen and oxygen atoms in total. The number of carboxylic acid groups (broad SMARTS) is 1. The maximum Gasteiger partial charge on any atom is 0.320 e. The molecule has 0 amide bonds. The summed E-state index contributed by atoms with van der Waals surface area (Å²) >= 11 is 1.94. The molecule has 0 saturated heterocycles. The maximum atomic E-state index is 10.5. The summed E-state index contributed by atoms with van der Waals surface area (Å²) in [6.07, 6.45) is 0.113. The van der Waals surface area contributed by atoms with Gasteiger partial charge in [-0.3, -0.25) is 4.79 Å². The van der Waals surface area contributed by atoms with Gasteiger partial charge in [-0.15, -0.1) is 0 Å². The predicted octanol–water partition coefficient (Wildman–Crippen LogP) is 0.657. The first-order chi connectivity index (χ1) is 6.91. The molecule has 1 aromatic rings. The molecule has 0 radical (unpaired) electrons. The Kier molecular flexibility index (Phi) is 3.75. The fourth-order valence-corrected chi connectivity index (χ4v) is 1.75. The van der Waals surface area contributed by atoms with Crippen LogP contribution in [0.2, 0.25) is 0 Å². The van der Waals surface area contributed by atoms with Crippen molar-refractivity contribution >= 4 is 28.6 Å². The fourth-order valence-electron chi connectivity index (χ4n) is 1.08. The number of aromatic hydroxyl groups is 2. The zero-order chi connectivity index (χ0) is 11.6. The second kappa shape index (κ2) is 4.67. The number of halogens is 1. The summed E-state index contributed by atoms with van der Waals surface area (Å²) in [7, 11) is 0. The number of carboxylic acids is 1. The largest absolute Gasteiger partial charge is 0.504 e. The van der Waals surface area contributed by atoms with Gasteiger partial charge in [0, 0.05) is 3.57 Å². The standard InChI is InChI=1S/C9H10INO4/c10-5-3-8(13)7(12)2-4(5)1-6(11)9(14)15/h2-3,6,12-13H,1,11H2,(H,14,15)/t6-/m1/s1/i10+4. The van der Waals surface area contributed by atoms with Crippen LogP contribution in [0.4, 0.5) is 0 Å². The molecule has 0 unspecified atom stereocenters. The first-order valence-electron chi connectivity index (χ1n) is 4.10. The van der Waals surface area contributed by atoms with Crippen LogP contribution in [0.3, 0.4) is 0 Å². The van der Waals surface area contributed by atoms with E-state index in [1.165, 1.54) is 12.1 Å². The SMILES string of the molecule is N[C@H](Cc1cc(O)c(O)cc1[131I])C(=O)O. The van der Waals surface area contributed by atoms with Gasteiger partial charge in [-0.1, -0.05) is 0 Å².